The van der Waals surface area contributed by atoms with E-state index in [4.69, 9.17) is 4.74 Å². The van der Waals surface area contributed by atoms with Crippen LogP contribution in [0.1, 0.15) is 26.5 Å². The third kappa shape index (κ3) is 3.33. The molecular formula is C16H19FN4O2. The van der Waals surface area contributed by atoms with Crippen LogP contribution in [0.4, 0.5) is 9.18 Å². The monoisotopic (exact) mass is 318 g/mol. The van der Waals surface area contributed by atoms with Crippen LogP contribution in [-0.2, 0) is 17.8 Å². The molecule has 3 rings (SSSR count). The fourth-order valence-electron chi connectivity index (χ4n) is 2.48. The molecule has 1 amide bonds. The van der Waals surface area contributed by atoms with Gasteiger partial charge in [0.2, 0.25) is 0 Å². The zero-order valence-electron chi connectivity index (χ0n) is 13.4. The van der Waals surface area contributed by atoms with Crippen molar-refractivity contribution in [1.29, 1.82) is 0 Å². The van der Waals surface area contributed by atoms with E-state index in [1.165, 1.54) is 12.3 Å². The molecule has 1 aliphatic heterocycles. The van der Waals surface area contributed by atoms with E-state index in [1.54, 1.807) is 17.2 Å². The molecule has 0 saturated carbocycles. The Bertz CT molecular complexity index is 719. The molecule has 2 aromatic heterocycles. The number of carbonyl (C=O) groups excluding carboxylic acids is 1. The van der Waals surface area contributed by atoms with Gasteiger partial charge in [0.15, 0.2) is 0 Å². The van der Waals surface area contributed by atoms with E-state index in [2.05, 4.69) is 10.1 Å². The van der Waals surface area contributed by atoms with Crippen LogP contribution in [-0.4, -0.2) is 37.9 Å². The summed E-state index contributed by atoms with van der Waals surface area (Å²) in [5.74, 6) is -0.384. The van der Waals surface area contributed by atoms with E-state index in [-0.39, 0.29) is 11.9 Å². The first-order valence-electron chi connectivity index (χ1n) is 7.48. The highest BCUT2D eigenvalue weighted by Crippen LogP contribution is 2.26. The number of rotatable bonds is 1. The second kappa shape index (κ2) is 5.64. The van der Waals surface area contributed by atoms with Crippen LogP contribution in [0.25, 0.3) is 11.3 Å². The van der Waals surface area contributed by atoms with Gasteiger partial charge >= 0.3 is 6.09 Å². The Morgan fingerprint density at radius 1 is 1.26 bits per heavy atom. The van der Waals surface area contributed by atoms with Crippen LogP contribution in [0.3, 0.4) is 0 Å². The van der Waals surface area contributed by atoms with Gasteiger partial charge in [0, 0.05) is 12.1 Å². The van der Waals surface area contributed by atoms with Gasteiger partial charge in [0.1, 0.15) is 11.4 Å². The van der Waals surface area contributed by atoms with E-state index in [0.717, 1.165) is 11.3 Å². The van der Waals surface area contributed by atoms with Crippen LogP contribution in [0, 0.1) is 5.82 Å². The summed E-state index contributed by atoms with van der Waals surface area (Å²) in [5.41, 5.74) is 1.79. The van der Waals surface area contributed by atoms with E-state index >= 15 is 0 Å². The van der Waals surface area contributed by atoms with Crippen molar-refractivity contribution in [2.24, 2.45) is 0 Å². The highest BCUT2D eigenvalue weighted by Gasteiger charge is 2.28. The summed E-state index contributed by atoms with van der Waals surface area (Å²) < 4.78 is 20.3. The minimum absolute atomic E-state index is 0.344. The fourth-order valence-corrected chi connectivity index (χ4v) is 2.48. The third-order valence-electron chi connectivity index (χ3n) is 3.53. The maximum Gasteiger partial charge on any atom is 0.410 e. The molecule has 0 saturated heterocycles. The van der Waals surface area contributed by atoms with E-state index in [0.29, 0.717) is 25.3 Å². The number of amides is 1. The molecule has 6 nitrogen and oxygen atoms in total. The molecule has 0 aliphatic carbocycles. The van der Waals surface area contributed by atoms with Gasteiger partial charge in [-0.05, 0) is 32.9 Å². The molecular weight excluding hydrogens is 299 g/mol. The molecule has 0 aromatic carbocycles. The van der Waals surface area contributed by atoms with Gasteiger partial charge in [-0.2, -0.15) is 5.10 Å². The first kappa shape index (κ1) is 15.5. The second-order valence-electron chi connectivity index (χ2n) is 6.49. The molecule has 0 spiro atoms. The summed E-state index contributed by atoms with van der Waals surface area (Å²) in [7, 11) is 0. The first-order chi connectivity index (χ1) is 10.8. The number of nitrogens with zero attached hydrogens (tertiary/aromatic N) is 4. The Labute approximate surface area is 133 Å². The summed E-state index contributed by atoms with van der Waals surface area (Å²) >= 11 is 0. The molecule has 122 valence electrons. The molecule has 0 atom stereocenters. The fraction of sp³-hybridized carbons (Fsp3) is 0.438. The van der Waals surface area contributed by atoms with Crippen LogP contribution in [0.2, 0.25) is 0 Å². The summed E-state index contributed by atoms with van der Waals surface area (Å²) in [6.07, 6.45) is 2.53. The lowest BCUT2D eigenvalue weighted by Crippen LogP contribution is -2.41. The maximum atomic E-state index is 13.0. The lowest BCUT2D eigenvalue weighted by Gasteiger charge is -2.30. The number of halogens is 1. The highest BCUT2D eigenvalue weighted by atomic mass is 19.1. The molecule has 23 heavy (non-hydrogen) atoms. The molecule has 0 fully saturated rings. The summed E-state index contributed by atoms with van der Waals surface area (Å²) in [5, 5.41) is 4.33. The van der Waals surface area contributed by atoms with Gasteiger partial charge in [0.05, 0.1) is 36.9 Å². The number of aromatic nitrogens is 3. The Balaban J connectivity index is 1.84. The number of fused-ring (bicyclic) bond motifs is 1. The molecule has 2 aromatic rings. The minimum atomic E-state index is -0.532. The van der Waals surface area contributed by atoms with E-state index in [1.807, 2.05) is 25.5 Å². The normalized spacial score (nSPS) is 14.5. The molecule has 0 radical (unpaired) electrons. The average molecular weight is 318 g/mol. The van der Waals surface area contributed by atoms with Crippen LogP contribution >= 0.6 is 0 Å². The van der Waals surface area contributed by atoms with Crippen molar-refractivity contribution in [3.05, 3.63) is 36.0 Å². The number of hydrogen-bond acceptors (Lipinski definition) is 4. The molecule has 1 aliphatic rings. The van der Waals surface area contributed by atoms with Crippen LogP contribution in [0.5, 0.6) is 0 Å². The zero-order chi connectivity index (χ0) is 16.6. The van der Waals surface area contributed by atoms with Crippen molar-refractivity contribution in [3.63, 3.8) is 0 Å². The predicted molar refractivity (Wildman–Crippen MR) is 82.1 cm³/mol. The number of pyridine rings is 1. The topological polar surface area (TPSA) is 60.2 Å². The van der Waals surface area contributed by atoms with Crippen molar-refractivity contribution in [2.45, 2.75) is 39.5 Å². The Morgan fingerprint density at radius 2 is 2.04 bits per heavy atom. The van der Waals surface area contributed by atoms with Gasteiger partial charge in [-0.15, -0.1) is 0 Å². The average Bonchev–Trinajstić information content (AvgIpc) is 2.89. The lowest BCUT2D eigenvalue weighted by molar-refractivity contribution is 0.0195. The molecule has 0 unspecified atom stereocenters. The van der Waals surface area contributed by atoms with Gasteiger partial charge in [-0.25, -0.2) is 9.18 Å². The SMILES string of the molecule is CC(C)(C)OC(=O)N1CCn2ncc(-c3ccc(F)cn3)c2C1. The smallest absolute Gasteiger partial charge is 0.410 e. The molecule has 0 N–H and O–H groups in total. The van der Waals surface area contributed by atoms with E-state index in [9.17, 15) is 9.18 Å². The standard InChI is InChI=1S/C16H19FN4O2/c1-16(2,3)23-15(22)20-6-7-21-14(10-20)12(9-19-21)13-5-4-11(17)8-18-13/h4-5,8-9H,6-7,10H2,1-3H3. The summed E-state index contributed by atoms with van der Waals surface area (Å²) in [4.78, 5) is 18.0. The van der Waals surface area contributed by atoms with Gasteiger partial charge in [-0.3, -0.25) is 9.67 Å². The highest BCUT2D eigenvalue weighted by molar-refractivity contribution is 5.69. The number of hydrogen-bond donors (Lipinski definition) is 0. The Morgan fingerprint density at radius 3 is 2.70 bits per heavy atom. The minimum Gasteiger partial charge on any atom is -0.444 e. The van der Waals surface area contributed by atoms with Gasteiger partial charge < -0.3 is 9.64 Å². The first-order valence-corrected chi connectivity index (χ1v) is 7.48. The van der Waals surface area contributed by atoms with Crippen LogP contribution in [0.15, 0.2) is 24.5 Å². The van der Waals surface area contributed by atoms with Crippen molar-refractivity contribution >= 4 is 6.09 Å². The van der Waals surface area contributed by atoms with Crippen LogP contribution < -0.4 is 0 Å². The van der Waals surface area contributed by atoms with Gasteiger partial charge in [0.25, 0.3) is 0 Å². The quantitative estimate of drug-likeness (QED) is 0.811. The maximum absolute atomic E-state index is 13.0. The van der Waals surface area contributed by atoms with Crippen molar-refractivity contribution in [1.82, 2.24) is 19.7 Å². The van der Waals surface area contributed by atoms with Crippen molar-refractivity contribution in [2.75, 3.05) is 6.54 Å². The lowest BCUT2D eigenvalue weighted by atomic mass is 10.1. The van der Waals surface area contributed by atoms with Gasteiger partial charge in [-0.1, -0.05) is 0 Å². The second-order valence-corrected chi connectivity index (χ2v) is 6.49. The van der Waals surface area contributed by atoms with E-state index < -0.39 is 5.60 Å². The molecule has 0 bridgehead atoms. The summed E-state index contributed by atoms with van der Waals surface area (Å²) in [6, 6.07) is 2.97. The largest absolute Gasteiger partial charge is 0.444 e. The Kier molecular flexibility index (Phi) is 3.79. The Hall–Kier alpha value is -2.44. The zero-order valence-corrected chi connectivity index (χ0v) is 13.4. The van der Waals surface area contributed by atoms with Crippen molar-refractivity contribution in [3.8, 4) is 11.3 Å². The van der Waals surface area contributed by atoms with Crippen molar-refractivity contribution < 1.29 is 13.9 Å². The molecule has 3 heterocycles. The third-order valence-corrected chi connectivity index (χ3v) is 3.53. The summed E-state index contributed by atoms with van der Waals surface area (Å²) in [6.45, 7) is 7.05. The number of ether oxygens (including phenoxy) is 1. The predicted octanol–water partition coefficient (Wildman–Crippen LogP) is 2.83. The number of carbonyl (C=O) groups is 1. The molecule has 7 heteroatoms.